The van der Waals surface area contributed by atoms with E-state index in [0.717, 1.165) is 31.5 Å². The van der Waals surface area contributed by atoms with Crippen molar-refractivity contribution >= 4 is 5.91 Å². The number of piperidine rings is 1. The van der Waals surface area contributed by atoms with Crippen molar-refractivity contribution in [1.82, 2.24) is 20.0 Å². The summed E-state index contributed by atoms with van der Waals surface area (Å²) in [5, 5.41) is 7.60. The normalized spacial score (nSPS) is 21.7. The summed E-state index contributed by atoms with van der Waals surface area (Å²) in [6, 6.07) is 11.0. The lowest BCUT2D eigenvalue weighted by Gasteiger charge is -2.36. The first-order chi connectivity index (χ1) is 15.0. The number of carbonyl (C=O) groups is 1. The van der Waals surface area contributed by atoms with Crippen molar-refractivity contribution in [3.63, 3.8) is 0 Å². The van der Waals surface area contributed by atoms with Crippen molar-refractivity contribution in [2.45, 2.75) is 51.5 Å². The maximum Gasteiger partial charge on any atom is 0.226 e. The van der Waals surface area contributed by atoms with E-state index in [-0.39, 0.29) is 11.3 Å². The fourth-order valence-electron chi connectivity index (χ4n) is 5.09. The summed E-state index contributed by atoms with van der Waals surface area (Å²) in [5.41, 5.74) is 3.29. The number of aryl methyl sites for hydroxylation is 1. The molecule has 0 saturated carbocycles. The van der Waals surface area contributed by atoms with Gasteiger partial charge in [-0.05, 0) is 75.7 Å². The maximum absolute atomic E-state index is 13.3. The molecular weight excluding hydrogens is 388 g/mol. The molecule has 2 aliphatic heterocycles. The number of nitrogens with zero attached hydrogens (tertiary/aromatic N) is 3. The van der Waals surface area contributed by atoms with Crippen molar-refractivity contribution in [2.75, 3.05) is 39.9 Å². The largest absolute Gasteiger partial charge is 0.381 e. The highest BCUT2D eigenvalue weighted by molar-refractivity contribution is 5.83. The molecule has 6 heteroatoms. The molecular formula is C25H36N4O2. The van der Waals surface area contributed by atoms with Gasteiger partial charge in [0.05, 0.1) is 17.7 Å². The molecule has 1 aromatic heterocycles. The van der Waals surface area contributed by atoms with Crippen molar-refractivity contribution in [1.29, 1.82) is 0 Å². The third-order valence-corrected chi connectivity index (χ3v) is 6.92. The molecule has 3 heterocycles. The lowest BCUT2D eigenvalue weighted by molar-refractivity contribution is -0.136. The fraction of sp³-hybridized carbons (Fsp3) is 0.600. The average molecular weight is 425 g/mol. The van der Waals surface area contributed by atoms with Crippen LogP contribution in [0.25, 0.3) is 0 Å². The van der Waals surface area contributed by atoms with Gasteiger partial charge in [-0.25, -0.2) is 0 Å². The van der Waals surface area contributed by atoms with E-state index >= 15 is 0 Å². The zero-order chi connectivity index (χ0) is 21.7. The monoisotopic (exact) mass is 424 g/mol. The van der Waals surface area contributed by atoms with E-state index in [0.29, 0.717) is 32.2 Å². The maximum atomic E-state index is 13.3. The number of hydrogen-bond acceptors (Lipinski definition) is 4. The van der Waals surface area contributed by atoms with Gasteiger partial charge < -0.3 is 15.0 Å². The molecule has 0 spiro atoms. The molecule has 0 bridgehead atoms. The Hall–Kier alpha value is -2.18. The Kier molecular flexibility index (Phi) is 7.08. The summed E-state index contributed by atoms with van der Waals surface area (Å²) in [5.74, 6) is 0.748. The zero-order valence-corrected chi connectivity index (χ0v) is 19.0. The highest BCUT2D eigenvalue weighted by Gasteiger charge is 2.40. The molecule has 1 unspecified atom stereocenters. The van der Waals surface area contributed by atoms with Crippen LogP contribution < -0.4 is 5.32 Å². The Morgan fingerprint density at radius 3 is 2.87 bits per heavy atom. The van der Waals surface area contributed by atoms with E-state index in [1.807, 2.05) is 23.9 Å². The SMILES string of the molecule is Cc1ccn(CCNC(=O)C2(Cc3cccc(C4CCCN(C)C4)c3)CCOCC2)n1. The van der Waals surface area contributed by atoms with Crippen LogP contribution in [0, 0.1) is 12.3 Å². The molecule has 2 aliphatic rings. The summed E-state index contributed by atoms with van der Waals surface area (Å²) in [7, 11) is 2.21. The first-order valence-corrected chi connectivity index (χ1v) is 11.7. The van der Waals surface area contributed by atoms with E-state index < -0.39 is 0 Å². The Bertz CT molecular complexity index is 872. The van der Waals surface area contributed by atoms with Crippen molar-refractivity contribution < 1.29 is 9.53 Å². The number of rotatable bonds is 7. The zero-order valence-electron chi connectivity index (χ0n) is 19.0. The summed E-state index contributed by atoms with van der Waals surface area (Å²) in [6.07, 6.45) is 6.79. The summed E-state index contributed by atoms with van der Waals surface area (Å²) < 4.78 is 7.51. The van der Waals surface area contributed by atoms with Crippen LogP contribution in [-0.4, -0.2) is 60.5 Å². The minimum atomic E-state index is -0.389. The van der Waals surface area contributed by atoms with Gasteiger partial charge in [-0.15, -0.1) is 0 Å². The summed E-state index contributed by atoms with van der Waals surface area (Å²) in [4.78, 5) is 15.8. The van der Waals surface area contributed by atoms with Gasteiger partial charge >= 0.3 is 0 Å². The van der Waals surface area contributed by atoms with Crippen LogP contribution in [0.2, 0.25) is 0 Å². The predicted molar refractivity (Wildman–Crippen MR) is 122 cm³/mol. The van der Waals surface area contributed by atoms with Crippen LogP contribution in [-0.2, 0) is 22.5 Å². The van der Waals surface area contributed by atoms with Crippen LogP contribution in [0.4, 0.5) is 0 Å². The third kappa shape index (κ3) is 5.55. The number of aromatic nitrogens is 2. The number of nitrogens with one attached hydrogen (secondary N) is 1. The predicted octanol–water partition coefficient (Wildman–Crippen LogP) is 3.16. The molecule has 0 aliphatic carbocycles. The third-order valence-electron chi connectivity index (χ3n) is 6.92. The van der Waals surface area contributed by atoms with E-state index in [1.165, 1.54) is 30.5 Å². The molecule has 0 radical (unpaired) electrons. The number of likely N-dealkylation sites (tertiary alicyclic amines) is 1. The van der Waals surface area contributed by atoms with E-state index in [1.54, 1.807) is 0 Å². The lowest BCUT2D eigenvalue weighted by Crippen LogP contribution is -2.46. The molecule has 1 aromatic carbocycles. The molecule has 2 aromatic rings. The molecule has 1 N–H and O–H groups in total. The lowest BCUT2D eigenvalue weighted by atomic mass is 9.74. The second-order valence-electron chi connectivity index (χ2n) is 9.39. The molecule has 31 heavy (non-hydrogen) atoms. The minimum absolute atomic E-state index is 0.155. The smallest absolute Gasteiger partial charge is 0.226 e. The van der Waals surface area contributed by atoms with Crippen LogP contribution in [0.5, 0.6) is 0 Å². The van der Waals surface area contributed by atoms with Crippen LogP contribution in [0.3, 0.4) is 0 Å². The number of ether oxygens (including phenoxy) is 1. The molecule has 168 valence electrons. The first kappa shape index (κ1) is 22.0. The van der Waals surface area contributed by atoms with Gasteiger partial charge in [0, 0.05) is 32.5 Å². The molecule has 1 atom stereocenters. The quantitative estimate of drug-likeness (QED) is 0.742. The fourth-order valence-corrected chi connectivity index (χ4v) is 5.09. The van der Waals surface area contributed by atoms with Crippen molar-refractivity contribution in [3.05, 3.63) is 53.3 Å². The standard InChI is InChI=1S/C25H36N4O2/c1-20-8-13-29(27-20)14-11-26-24(30)25(9-15-31-16-10-25)18-21-5-3-6-22(17-21)23-7-4-12-28(2)19-23/h3,5-6,8,13,17,23H,4,7,9-12,14-16,18-19H2,1-2H3,(H,26,30). The van der Waals surface area contributed by atoms with Crippen LogP contribution in [0.1, 0.15) is 48.4 Å². The summed E-state index contributed by atoms with van der Waals surface area (Å²) in [6.45, 7) is 6.88. The van der Waals surface area contributed by atoms with Gasteiger partial charge in [-0.2, -0.15) is 5.10 Å². The first-order valence-electron chi connectivity index (χ1n) is 11.7. The molecule has 2 fully saturated rings. The number of amides is 1. The number of likely N-dealkylation sites (N-methyl/N-ethyl adjacent to an activating group) is 1. The van der Waals surface area contributed by atoms with Gasteiger partial charge in [-0.3, -0.25) is 9.48 Å². The number of hydrogen-bond donors (Lipinski definition) is 1. The Morgan fingerprint density at radius 1 is 1.29 bits per heavy atom. The topological polar surface area (TPSA) is 59.4 Å². The van der Waals surface area contributed by atoms with Crippen molar-refractivity contribution in [2.24, 2.45) is 5.41 Å². The van der Waals surface area contributed by atoms with Crippen LogP contribution in [0.15, 0.2) is 36.5 Å². The number of benzene rings is 1. The Morgan fingerprint density at radius 2 is 2.13 bits per heavy atom. The van der Waals surface area contributed by atoms with Gasteiger partial charge in [0.1, 0.15) is 0 Å². The van der Waals surface area contributed by atoms with Gasteiger partial charge in [0.25, 0.3) is 0 Å². The highest BCUT2D eigenvalue weighted by Crippen LogP contribution is 2.36. The highest BCUT2D eigenvalue weighted by atomic mass is 16.5. The Balaban J connectivity index is 1.43. The van der Waals surface area contributed by atoms with Gasteiger partial charge in [-0.1, -0.05) is 24.3 Å². The molecule has 4 rings (SSSR count). The molecule has 1 amide bonds. The Labute approximate surface area is 186 Å². The number of carbonyl (C=O) groups excluding carboxylic acids is 1. The van der Waals surface area contributed by atoms with Gasteiger partial charge in [0.15, 0.2) is 0 Å². The summed E-state index contributed by atoms with van der Waals surface area (Å²) >= 11 is 0. The second-order valence-corrected chi connectivity index (χ2v) is 9.39. The van der Waals surface area contributed by atoms with Gasteiger partial charge in [0.2, 0.25) is 5.91 Å². The minimum Gasteiger partial charge on any atom is -0.381 e. The van der Waals surface area contributed by atoms with Crippen LogP contribution >= 0.6 is 0 Å². The van der Waals surface area contributed by atoms with Crippen molar-refractivity contribution in [3.8, 4) is 0 Å². The molecule has 2 saturated heterocycles. The molecule has 6 nitrogen and oxygen atoms in total. The van der Waals surface area contributed by atoms with E-state index in [2.05, 4.69) is 46.6 Å². The van der Waals surface area contributed by atoms with E-state index in [9.17, 15) is 4.79 Å². The average Bonchev–Trinajstić information content (AvgIpc) is 3.19. The second kappa shape index (κ2) is 9.96. The van der Waals surface area contributed by atoms with E-state index in [4.69, 9.17) is 4.74 Å².